The molecular formula is C7H3ClF4N2O2. The molecule has 2 N–H and O–H groups in total. The molecule has 0 saturated heterocycles. The van der Waals surface area contributed by atoms with Gasteiger partial charge in [-0.3, -0.25) is 5.32 Å². The molecule has 0 aliphatic carbocycles. The third kappa shape index (κ3) is 2.51. The predicted molar refractivity (Wildman–Crippen MR) is 45.9 cm³/mol. The van der Waals surface area contributed by atoms with Gasteiger partial charge in [0.25, 0.3) is 0 Å². The average molecular weight is 259 g/mol. The monoisotopic (exact) mass is 258 g/mol. The van der Waals surface area contributed by atoms with E-state index in [1.165, 1.54) is 5.32 Å². The number of nitrogens with one attached hydrogen (secondary N) is 1. The van der Waals surface area contributed by atoms with Crippen LogP contribution in [-0.4, -0.2) is 16.2 Å². The maximum atomic E-state index is 13.1. The minimum Gasteiger partial charge on any atom is -0.465 e. The van der Waals surface area contributed by atoms with Gasteiger partial charge in [0, 0.05) is 0 Å². The summed E-state index contributed by atoms with van der Waals surface area (Å²) >= 11 is 5.07. The van der Waals surface area contributed by atoms with Crippen LogP contribution in [-0.2, 0) is 6.18 Å². The Balaban J connectivity index is 3.39. The lowest BCUT2D eigenvalue weighted by molar-refractivity contribution is -0.139. The lowest BCUT2D eigenvalue weighted by Gasteiger charge is -2.13. The molecule has 9 heteroatoms. The second-order valence-corrected chi connectivity index (χ2v) is 2.94. The smallest absolute Gasteiger partial charge is 0.421 e. The van der Waals surface area contributed by atoms with E-state index in [2.05, 4.69) is 4.98 Å². The molecule has 0 bridgehead atoms. The van der Waals surface area contributed by atoms with Crippen molar-refractivity contribution in [2.24, 2.45) is 0 Å². The molecule has 0 atom stereocenters. The van der Waals surface area contributed by atoms with Gasteiger partial charge in [-0.05, 0) is 0 Å². The largest absolute Gasteiger partial charge is 0.465 e. The number of hydrogen-bond donors (Lipinski definition) is 2. The van der Waals surface area contributed by atoms with Gasteiger partial charge in [0.05, 0.1) is 11.9 Å². The van der Waals surface area contributed by atoms with Gasteiger partial charge in [-0.25, -0.2) is 14.2 Å². The van der Waals surface area contributed by atoms with Gasteiger partial charge in [-0.2, -0.15) is 13.2 Å². The molecule has 0 aliphatic rings. The van der Waals surface area contributed by atoms with Crippen LogP contribution in [0, 0.1) is 5.82 Å². The van der Waals surface area contributed by atoms with Crippen molar-refractivity contribution in [3.8, 4) is 0 Å². The van der Waals surface area contributed by atoms with Crippen LogP contribution in [0.4, 0.5) is 28.0 Å². The molecule has 1 rings (SSSR count). The summed E-state index contributed by atoms with van der Waals surface area (Å²) < 4.78 is 50.2. The Morgan fingerprint density at radius 1 is 1.50 bits per heavy atom. The van der Waals surface area contributed by atoms with Crippen molar-refractivity contribution in [3.63, 3.8) is 0 Å². The molecule has 16 heavy (non-hydrogen) atoms. The molecule has 0 radical (unpaired) electrons. The van der Waals surface area contributed by atoms with Crippen molar-refractivity contribution < 1.29 is 27.5 Å². The van der Waals surface area contributed by atoms with E-state index in [0.29, 0.717) is 6.20 Å². The van der Waals surface area contributed by atoms with Gasteiger partial charge < -0.3 is 5.11 Å². The molecule has 0 unspecified atom stereocenters. The van der Waals surface area contributed by atoms with Crippen molar-refractivity contribution in [1.29, 1.82) is 0 Å². The number of amides is 1. The Kier molecular flexibility index (Phi) is 3.22. The first-order valence-electron chi connectivity index (χ1n) is 3.64. The lowest BCUT2D eigenvalue weighted by atomic mass is 10.2. The van der Waals surface area contributed by atoms with E-state index in [9.17, 15) is 22.4 Å². The fourth-order valence-corrected chi connectivity index (χ4v) is 1.09. The van der Waals surface area contributed by atoms with Crippen LogP contribution in [0.25, 0.3) is 0 Å². The van der Waals surface area contributed by atoms with E-state index < -0.39 is 34.5 Å². The maximum absolute atomic E-state index is 13.1. The van der Waals surface area contributed by atoms with Crippen molar-refractivity contribution in [1.82, 2.24) is 4.98 Å². The standard InChI is InChI=1S/C7H3ClF4N2O2/c8-5-4(9)3(7(10,11)12)2(1-13-5)14-6(15)16/h1,14H,(H,15,16). The van der Waals surface area contributed by atoms with Crippen LogP contribution in [0.5, 0.6) is 0 Å². The molecule has 0 spiro atoms. The van der Waals surface area contributed by atoms with Crippen LogP contribution in [0.1, 0.15) is 5.56 Å². The van der Waals surface area contributed by atoms with Crippen LogP contribution < -0.4 is 5.32 Å². The Labute approximate surface area is 90.9 Å². The number of aromatic nitrogens is 1. The van der Waals surface area contributed by atoms with Crippen molar-refractivity contribution in [2.75, 3.05) is 5.32 Å². The van der Waals surface area contributed by atoms with Gasteiger partial charge in [-0.15, -0.1) is 0 Å². The van der Waals surface area contributed by atoms with Crippen molar-refractivity contribution in [2.45, 2.75) is 6.18 Å². The third-order valence-electron chi connectivity index (χ3n) is 1.50. The van der Waals surface area contributed by atoms with Gasteiger partial charge >= 0.3 is 12.3 Å². The molecule has 4 nitrogen and oxygen atoms in total. The highest BCUT2D eigenvalue weighted by Crippen LogP contribution is 2.38. The average Bonchev–Trinajstić information content (AvgIpc) is 2.08. The second-order valence-electron chi connectivity index (χ2n) is 2.58. The molecule has 1 heterocycles. The van der Waals surface area contributed by atoms with Crippen molar-refractivity contribution >= 4 is 23.4 Å². The van der Waals surface area contributed by atoms with Gasteiger partial charge in [0.1, 0.15) is 5.56 Å². The molecule has 0 fully saturated rings. The normalized spacial score (nSPS) is 11.3. The molecule has 0 saturated carbocycles. The van der Waals surface area contributed by atoms with Gasteiger partial charge in [-0.1, -0.05) is 11.6 Å². The van der Waals surface area contributed by atoms with E-state index in [0.717, 1.165) is 0 Å². The fraction of sp³-hybridized carbons (Fsp3) is 0.143. The quantitative estimate of drug-likeness (QED) is 0.601. The summed E-state index contributed by atoms with van der Waals surface area (Å²) in [6.45, 7) is 0. The molecule has 0 aromatic carbocycles. The van der Waals surface area contributed by atoms with Gasteiger partial charge in [0.2, 0.25) is 0 Å². The molecular weight excluding hydrogens is 256 g/mol. The van der Waals surface area contributed by atoms with E-state index >= 15 is 0 Å². The zero-order valence-corrected chi connectivity index (χ0v) is 8.03. The van der Waals surface area contributed by atoms with E-state index in [4.69, 9.17) is 16.7 Å². The lowest BCUT2D eigenvalue weighted by Crippen LogP contribution is -2.17. The highest BCUT2D eigenvalue weighted by atomic mass is 35.5. The Hall–Kier alpha value is -1.57. The number of pyridine rings is 1. The van der Waals surface area contributed by atoms with E-state index in [1.807, 2.05) is 0 Å². The van der Waals surface area contributed by atoms with Gasteiger partial charge in [0.15, 0.2) is 11.0 Å². The van der Waals surface area contributed by atoms with Crippen LogP contribution in [0.15, 0.2) is 6.20 Å². The minimum absolute atomic E-state index is 0.488. The summed E-state index contributed by atoms with van der Waals surface area (Å²) in [6, 6.07) is 0. The number of hydrogen-bond acceptors (Lipinski definition) is 2. The summed E-state index contributed by atoms with van der Waals surface area (Å²) in [5.74, 6) is -1.82. The third-order valence-corrected chi connectivity index (χ3v) is 1.77. The number of halogens is 5. The number of nitrogens with zero attached hydrogens (tertiary/aromatic N) is 1. The highest BCUT2D eigenvalue weighted by molar-refractivity contribution is 6.29. The molecule has 0 aliphatic heterocycles. The Morgan fingerprint density at radius 3 is 2.50 bits per heavy atom. The van der Waals surface area contributed by atoms with E-state index in [-0.39, 0.29) is 0 Å². The minimum atomic E-state index is -5.07. The molecule has 88 valence electrons. The zero-order chi connectivity index (χ0) is 12.5. The number of carboxylic acid groups (broad SMARTS) is 1. The second kappa shape index (κ2) is 4.12. The zero-order valence-electron chi connectivity index (χ0n) is 7.27. The van der Waals surface area contributed by atoms with Crippen molar-refractivity contribution in [3.05, 3.63) is 22.7 Å². The summed E-state index contributed by atoms with van der Waals surface area (Å²) in [7, 11) is 0. The predicted octanol–water partition coefficient (Wildman–Crippen LogP) is 2.98. The van der Waals surface area contributed by atoms with E-state index in [1.54, 1.807) is 0 Å². The Bertz CT molecular complexity index is 435. The number of rotatable bonds is 1. The number of carbonyl (C=O) groups is 1. The topological polar surface area (TPSA) is 62.2 Å². The number of anilines is 1. The summed E-state index contributed by atoms with van der Waals surface area (Å²) in [4.78, 5) is 13.3. The van der Waals surface area contributed by atoms with Crippen LogP contribution in [0.2, 0.25) is 5.15 Å². The molecule has 1 aromatic heterocycles. The van der Waals surface area contributed by atoms with Crippen LogP contribution in [0.3, 0.4) is 0 Å². The SMILES string of the molecule is O=C(O)Nc1cnc(Cl)c(F)c1C(F)(F)F. The summed E-state index contributed by atoms with van der Waals surface area (Å²) in [6.07, 6.45) is -6.36. The maximum Gasteiger partial charge on any atom is 0.421 e. The first kappa shape index (κ1) is 12.5. The first-order chi connectivity index (χ1) is 7.23. The summed E-state index contributed by atoms with van der Waals surface area (Å²) in [5.41, 5.74) is -2.81. The molecule has 1 aromatic rings. The number of alkyl halides is 3. The summed E-state index contributed by atoms with van der Waals surface area (Å²) in [5, 5.41) is 8.66. The highest BCUT2D eigenvalue weighted by Gasteiger charge is 2.39. The van der Waals surface area contributed by atoms with Crippen LogP contribution >= 0.6 is 11.6 Å². The fourth-order valence-electron chi connectivity index (χ4n) is 0.951. The molecule has 1 amide bonds. The first-order valence-corrected chi connectivity index (χ1v) is 4.02. The Morgan fingerprint density at radius 2 is 2.06 bits per heavy atom.